The summed E-state index contributed by atoms with van der Waals surface area (Å²) in [5.74, 6) is -0.262. The van der Waals surface area contributed by atoms with Gasteiger partial charge in [-0.2, -0.15) is 0 Å². The number of hydrogen-bond acceptors (Lipinski definition) is 4. The van der Waals surface area contributed by atoms with Crippen LogP contribution in [0.3, 0.4) is 0 Å². The fourth-order valence-electron chi connectivity index (χ4n) is 1.85. The lowest BCUT2D eigenvalue weighted by molar-refractivity contribution is 0.629. The highest BCUT2D eigenvalue weighted by atomic mass is 32.1. The first-order valence-corrected chi connectivity index (χ1v) is 6.77. The summed E-state index contributed by atoms with van der Waals surface area (Å²) in [6.45, 7) is 2.02. The van der Waals surface area contributed by atoms with Crippen molar-refractivity contribution in [3.63, 3.8) is 0 Å². The van der Waals surface area contributed by atoms with E-state index in [2.05, 4.69) is 15.3 Å². The van der Waals surface area contributed by atoms with Crippen LogP contribution in [0.4, 0.5) is 9.52 Å². The van der Waals surface area contributed by atoms with Crippen LogP contribution in [-0.4, -0.2) is 9.97 Å². The van der Waals surface area contributed by atoms with E-state index in [0.29, 0.717) is 5.52 Å². The van der Waals surface area contributed by atoms with Crippen molar-refractivity contribution < 1.29 is 4.39 Å². The third-order valence-corrected chi connectivity index (χ3v) is 3.79. The molecule has 1 unspecified atom stereocenters. The number of halogens is 1. The number of rotatable bonds is 3. The summed E-state index contributed by atoms with van der Waals surface area (Å²) in [5.41, 5.74) is 1.63. The van der Waals surface area contributed by atoms with E-state index < -0.39 is 0 Å². The minimum atomic E-state index is -0.262. The molecule has 0 saturated carbocycles. The molecule has 19 heavy (non-hydrogen) atoms. The molecular weight excluding hydrogens is 261 g/mol. The van der Waals surface area contributed by atoms with Crippen LogP contribution in [-0.2, 0) is 0 Å². The van der Waals surface area contributed by atoms with Crippen LogP contribution in [0.15, 0.2) is 42.6 Å². The van der Waals surface area contributed by atoms with Crippen LogP contribution in [0.25, 0.3) is 10.2 Å². The molecule has 2 aromatic heterocycles. The second-order valence-electron chi connectivity index (χ2n) is 4.25. The number of anilines is 1. The molecule has 0 aliphatic rings. The molecule has 0 amide bonds. The van der Waals surface area contributed by atoms with Crippen molar-refractivity contribution in [1.82, 2.24) is 9.97 Å². The van der Waals surface area contributed by atoms with E-state index in [9.17, 15) is 4.39 Å². The first-order valence-electron chi connectivity index (χ1n) is 5.96. The topological polar surface area (TPSA) is 37.8 Å². The average molecular weight is 273 g/mol. The summed E-state index contributed by atoms with van der Waals surface area (Å²) in [6, 6.07) is 10.5. The first-order chi connectivity index (χ1) is 9.22. The average Bonchev–Trinajstić information content (AvgIpc) is 2.81. The van der Waals surface area contributed by atoms with Crippen LogP contribution in [0.1, 0.15) is 18.7 Å². The van der Waals surface area contributed by atoms with Gasteiger partial charge in [0.1, 0.15) is 5.82 Å². The predicted molar refractivity (Wildman–Crippen MR) is 75.9 cm³/mol. The molecule has 5 heteroatoms. The summed E-state index contributed by atoms with van der Waals surface area (Å²) in [6.07, 6.45) is 1.77. The SMILES string of the molecule is CC(Nc1nc2cc(F)ccc2s1)c1ccccn1. The predicted octanol–water partition coefficient (Wildman–Crippen LogP) is 4.00. The van der Waals surface area contributed by atoms with Gasteiger partial charge in [-0.3, -0.25) is 4.98 Å². The number of benzene rings is 1. The fraction of sp³-hybridized carbons (Fsp3) is 0.143. The minimum Gasteiger partial charge on any atom is -0.353 e. The maximum atomic E-state index is 13.1. The van der Waals surface area contributed by atoms with E-state index in [1.54, 1.807) is 12.3 Å². The van der Waals surface area contributed by atoms with Gasteiger partial charge in [0.15, 0.2) is 5.13 Å². The zero-order chi connectivity index (χ0) is 13.2. The van der Waals surface area contributed by atoms with Crippen molar-refractivity contribution in [2.75, 3.05) is 5.32 Å². The quantitative estimate of drug-likeness (QED) is 0.783. The molecule has 0 fully saturated rings. The zero-order valence-corrected chi connectivity index (χ0v) is 11.1. The Morgan fingerprint density at radius 1 is 1.26 bits per heavy atom. The van der Waals surface area contributed by atoms with Crippen LogP contribution < -0.4 is 5.32 Å². The molecule has 2 heterocycles. The highest BCUT2D eigenvalue weighted by Gasteiger charge is 2.10. The molecule has 0 bridgehead atoms. The second kappa shape index (κ2) is 4.93. The standard InChI is InChI=1S/C14H12FN3S/c1-9(11-4-2-3-7-16-11)17-14-18-12-8-10(15)5-6-13(12)19-14/h2-9H,1H3,(H,17,18). The maximum absolute atomic E-state index is 13.1. The summed E-state index contributed by atoms with van der Waals surface area (Å²) in [4.78, 5) is 8.68. The Bertz CT molecular complexity index is 696. The van der Waals surface area contributed by atoms with Gasteiger partial charge in [0.2, 0.25) is 0 Å². The molecule has 1 atom stereocenters. The second-order valence-corrected chi connectivity index (χ2v) is 5.28. The van der Waals surface area contributed by atoms with E-state index in [-0.39, 0.29) is 11.9 Å². The molecule has 1 aromatic carbocycles. The normalized spacial score (nSPS) is 12.5. The van der Waals surface area contributed by atoms with Gasteiger partial charge in [-0.05, 0) is 31.2 Å². The van der Waals surface area contributed by atoms with Gasteiger partial charge in [-0.15, -0.1) is 0 Å². The largest absolute Gasteiger partial charge is 0.353 e. The minimum absolute atomic E-state index is 0.0617. The third kappa shape index (κ3) is 2.56. The number of nitrogens with one attached hydrogen (secondary N) is 1. The van der Waals surface area contributed by atoms with Crippen LogP contribution in [0.2, 0.25) is 0 Å². The lowest BCUT2D eigenvalue weighted by atomic mass is 10.2. The maximum Gasteiger partial charge on any atom is 0.184 e. The van der Waals surface area contributed by atoms with Gasteiger partial charge in [-0.1, -0.05) is 17.4 Å². The Kier molecular flexibility index (Phi) is 3.13. The van der Waals surface area contributed by atoms with E-state index >= 15 is 0 Å². The number of aromatic nitrogens is 2. The number of hydrogen-bond donors (Lipinski definition) is 1. The van der Waals surface area contributed by atoms with Crippen molar-refractivity contribution in [3.05, 3.63) is 54.1 Å². The molecule has 3 rings (SSSR count). The first kappa shape index (κ1) is 12.0. The number of thiazole rings is 1. The number of nitrogens with zero attached hydrogens (tertiary/aromatic N) is 2. The van der Waals surface area contributed by atoms with Gasteiger partial charge >= 0.3 is 0 Å². The lowest BCUT2D eigenvalue weighted by Crippen LogP contribution is -2.07. The van der Waals surface area contributed by atoms with E-state index in [0.717, 1.165) is 15.5 Å². The van der Waals surface area contributed by atoms with Crippen molar-refractivity contribution in [2.24, 2.45) is 0 Å². The molecule has 0 radical (unpaired) electrons. The van der Waals surface area contributed by atoms with E-state index in [4.69, 9.17) is 0 Å². The van der Waals surface area contributed by atoms with Crippen molar-refractivity contribution in [2.45, 2.75) is 13.0 Å². The van der Waals surface area contributed by atoms with Crippen molar-refractivity contribution in [1.29, 1.82) is 0 Å². The number of pyridine rings is 1. The van der Waals surface area contributed by atoms with Gasteiger partial charge < -0.3 is 5.32 Å². The van der Waals surface area contributed by atoms with Crippen molar-refractivity contribution >= 4 is 26.7 Å². The Hall–Kier alpha value is -2.01. The molecule has 0 saturated heterocycles. The monoisotopic (exact) mass is 273 g/mol. The highest BCUT2D eigenvalue weighted by Crippen LogP contribution is 2.28. The van der Waals surface area contributed by atoms with Crippen LogP contribution in [0, 0.1) is 5.82 Å². The zero-order valence-electron chi connectivity index (χ0n) is 10.3. The summed E-state index contributed by atoms with van der Waals surface area (Å²) >= 11 is 1.51. The molecule has 96 valence electrons. The summed E-state index contributed by atoms with van der Waals surface area (Å²) < 4.78 is 14.1. The highest BCUT2D eigenvalue weighted by molar-refractivity contribution is 7.22. The fourth-order valence-corrected chi connectivity index (χ4v) is 2.79. The summed E-state index contributed by atoms with van der Waals surface area (Å²) in [5, 5.41) is 4.07. The lowest BCUT2D eigenvalue weighted by Gasteiger charge is -2.11. The Morgan fingerprint density at radius 2 is 2.16 bits per heavy atom. The Labute approximate surface area is 114 Å². The molecular formula is C14H12FN3S. The van der Waals surface area contributed by atoms with Crippen molar-refractivity contribution in [3.8, 4) is 0 Å². The molecule has 1 N–H and O–H groups in total. The van der Waals surface area contributed by atoms with Gasteiger partial charge in [0.25, 0.3) is 0 Å². The Balaban J connectivity index is 1.85. The van der Waals surface area contributed by atoms with Gasteiger partial charge in [0.05, 0.1) is 22.0 Å². The molecule has 0 spiro atoms. The van der Waals surface area contributed by atoms with E-state index in [1.807, 2.05) is 25.1 Å². The summed E-state index contributed by atoms with van der Waals surface area (Å²) in [7, 11) is 0. The number of fused-ring (bicyclic) bond motifs is 1. The van der Waals surface area contributed by atoms with Crippen LogP contribution >= 0.6 is 11.3 Å². The third-order valence-electron chi connectivity index (χ3n) is 2.82. The molecule has 0 aliphatic carbocycles. The smallest absolute Gasteiger partial charge is 0.184 e. The van der Waals surface area contributed by atoms with E-state index in [1.165, 1.54) is 23.5 Å². The van der Waals surface area contributed by atoms with Crippen LogP contribution in [0.5, 0.6) is 0 Å². The Morgan fingerprint density at radius 3 is 2.95 bits per heavy atom. The van der Waals surface area contributed by atoms with Gasteiger partial charge in [-0.25, -0.2) is 9.37 Å². The molecule has 0 aliphatic heterocycles. The molecule has 3 nitrogen and oxygen atoms in total. The molecule has 3 aromatic rings. The van der Waals surface area contributed by atoms with Gasteiger partial charge in [0, 0.05) is 12.3 Å².